The summed E-state index contributed by atoms with van der Waals surface area (Å²) in [6.07, 6.45) is -4.94. The summed E-state index contributed by atoms with van der Waals surface area (Å²) in [4.78, 5) is 50.5. The maximum atomic E-state index is 14.2. The molecule has 0 fully saturated rings. The largest absolute Gasteiger partial charge is 0.478 e. The lowest BCUT2D eigenvalue weighted by Gasteiger charge is -2.20. The molecule has 13 heteroatoms. The van der Waals surface area contributed by atoms with Gasteiger partial charge in [0.15, 0.2) is 17.1 Å². The van der Waals surface area contributed by atoms with Crippen molar-refractivity contribution in [1.82, 2.24) is 5.16 Å². The van der Waals surface area contributed by atoms with E-state index >= 15 is 0 Å². The second-order valence-electron chi connectivity index (χ2n) is 9.14. The zero-order valence-electron chi connectivity index (χ0n) is 22.3. The summed E-state index contributed by atoms with van der Waals surface area (Å²) < 4.78 is 47.9. The van der Waals surface area contributed by atoms with E-state index in [0.717, 1.165) is 23.1 Å². The van der Waals surface area contributed by atoms with Crippen molar-refractivity contribution in [2.75, 3.05) is 17.3 Å². The number of carbonyl (C=O) groups is 4. The van der Waals surface area contributed by atoms with Crippen LogP contribution in [0.2, 0.25) is 0 Å². The number of fused-ring (bicyclic) bond motifs is 1. The highest BCUT2D eigenvalue weighted by molar-refractivity contribution is 6.15. The summed E-state index contributed by atoms with van der Waals surface area (Å²) in [6, 6.07) is 11.0. The van der Waals surface area contributed by atoms with E-state index in [1.165, 1.54) is 51.2 Å². The molecule has 1 aromatic heterocycles. The van der Waals surface area contributed by atoms with Crippen molar-refractivity contribution in [3.8, 4) is 17.2 Å². The van der Waals surface area contributed by atoms with Gasteiger partial charge in [0.05, 0.1) is 33.8 Å². The van der Waals surface area contributed by atoms with Crippen LogP contribution in [0.3, 0.4) is 0 Å². The van der Waals surface area contributed by atoms with E-state index in [1.807, 2.05) is 0 Å². The number of alkyl halides is 3. The predicted octanol–water partition coefficient (Wildman–Crippen LogP) is 5.91. The minimum absolute atomic E-state index is 0.0000573. The molecule has 2 N–H and O–H groups in total. The van der Waals surface area contributed by atoms with E-state index in [9.17, 15) is 37.5 Å². The van der Waals surface area contributed by atoms with E-state index < -0.39 is 35.3 Å². The fraction of sp³-hybridized carbons (Fsp3) is 0.172. The van der Waals surface area contributed by atoms with Crippen LogP contribution in [0.5, 0.6) is 0 Å². The van der Waals surface area contributed by atoms with Crippen LogP contribution < -0.4 is 10.2 Å². The number of carboxylic acid groups (broad SMARTS) is 1. The van der Waals surface area contributed by atoms with Crippen molar-refractivity contribution in [2.45, 2.75) is 26.4 Å². The maximum absolute atomic E-state index is 14.2. The number of benzene rings is 3. The number of nitrogens with zero attached hydrogens (tertiary/aromatic N) is 3. The Kier molecular flexibility index (Phi) is 7.84. The highest BCUT2D eigenvalue weighted by Crippen LogP contribution is 2.42. The van der Waals surface area contributed by atoms with E-state index in [1.54, 1.807) is 6.07 Å². The normalized spacial score (nSPS) is 11.2. The molecule has 0 saturated heterocycles. The molecule has 42 heavy (non-hydrogen) atoms. The number of Topliss-reactive ketones (excluding diaryl/α,β-unsaturated/α-hetero) is 1. The van der Waals surface area contributed by atoms with E-state index in [4.69, 9.17) is 9.78 Å². The van der Waals surface area contributed by atoms with Gasteiger partial charge in [-0.05, 0) is 53.6 Å². The Bertz CT molecular complexity index is 1820. The van der Waals surface area contributed by atoms with Crippen LogP contribution >= 0.6 is 0 Å². The van der Waals surface area contributed by atoms with Gasteiger partial charge in [-0.15, -0.1) is 0 Å². The predicted molar refractivity (Wildman–Crippen MR) is 144 cm³/mol. The second kappa shape index (κ2) is 11.2. The number of nitriles is 1. The van der Waals surface area contributed by atoms with Crippen LogP contribution in [0.25, 0.3) is 22.1 Å². The molecule has 4 rings (SSSR count). The summed E-state index contributed by atoms with van der Waals surface area (Å²) in [5, 5.41) is 24.6. The molecule has 0 bridgehead atoms. The van der Waals surface area contributed by atoms with Gasteiger partial charge in [-0.1, -0.05) is 18.1 Å². The van der Waals surface area contributed by atoms with Crippen LogP contribution in [0.1, 0.15) is 62.6 Å². The molecule has 4 aromatic rings. The first-order valence-electron chi connectivity index (χ1n) is 12.3. The molecule has 0 saturated carbocycles. The first-order valence-corrected chi connectivity index (χ1v) is 12.3. The minimum atomic E-state index is -4.86. The number of halogens is 3. The van der Waals surface area contributed by atoms with Crippen molar-refractivity contribution in [1.29, 1.82) is 5.26 Å². The molecule has 0 unspecified atom stereocenters. The second-order valence-corrected chi connectivity index (χ2v) is 9.14. The summed E-state index contributed by atoms with van der Waals surface area (Å²) in [7, 11) is 1.33. The quantitative estimate of drug-likeness (QED) is 0.257. The number of ketones is 1. The summed E-state index contributed by atoms with van der Waals surface area (Å²) in [5.74, 6) is -3.34. The molecule has 0 aliphatic carbocycles. The summed E-state index contributed by atoms with van der Waals surface area (Å²) in [5.41, 5.74) is -2.64. The maximum Gasteiger partial charge on any atom is 0.417 e. The molecule has 3 aromatic carbocycles. The van der Waals surface area contributed by atoms with Crippen molar-refractivity contribution < 1.29 is 42.0 Å². The highest BCUT2D eigenvalue weighted by atomic mass is 19.4. The summed E-state index contributed by atoms with van der Waals surface area (Å²) in [6.45, 7) is 2.72. The Hall–Kier alpha value is -5.51. The molecule has 0 spiro atoms. The zero-order chi connectivity index (χ0) is 30.9. The van der Waals surface area contributed by atoms with Crippen LogP contribution in [-0.4, -0.2) is 40.9 Å². The standard InChI is InChI=1S/C29H21F3N4O6/c1-4-24(38)19-11-21-25(12-18(19)17-7-6-16(36(3)14(2)37)10-22(17)29(30,31)32)42-35-26(21)27(39)34-23-8-5-15(13-33)9-20(23)28(40)41/h5-12H,4H2,1-3H3,(H,34,39)(H,40,41). The number of hydrogen-bond acceptors (Lipinski definition) is 7. The molecule has 0 aliphatic heterocycles. The van der Waals surface area contributed by atoms with Gasteiger partial charge >= 0.3 is 12.1 Å². The number of carboxylic acids is 1. The van der Waals surface area contributed by atoms with Crippen LogP contribution in [0.4, 0.5) is 24.5 Å². The van der Waals surface area contributed by atoms with Crippen LogP contribution in [-0.2, 0) is 11.0 Å². The topological polar surface area (TPSA) is 154 Å². The van der Waals surface area contributed by atoms with Crippen molar-refractivity contribution >= 4 is 45.9 Å². The average Bonchev–Trinajstić information content (AvgIpc) is 3.38. The van der Waals surface area contributed by atoms with E-state index in [-0.39, 0.29) is 62.3 Å². The van der Waals surface area contributed by atoms with Crippen molar-refractivity contribution in [2.24, 2.45) is 0 Å². The molecule has 2 amide bonds. The Balaban J connectivity index is 1.87. The number of aromatic carboxylic acids is 1. The van der Waals surface area contributed by atoms with Gasteiger partial charge in [0.2, 0.25) is 5.91 Å². The molecule has 0 atom stereocenters. The molecule has 214 valence electrons. The van der Waals surface area contributed by atoms with Crippen LogP contribution in [0, 0.1) is 11.3 Å². The smallest absolute Gasteiger partial charge is 0.417 e. The highest BCUT2D eigenvalue weighted by Gasteiger charge is 2.36. The Morgan fingerprint density at radius 3 is 2.36 bits per heavy atom. The monoisotopic (exact) mass is 578 g/mol. The Morgan fingerprint density at radius 2 is 1.76 bits per heavy atom. The third kappa shape index (κ3) is 5.55. The molecular weight excluding hydrogens is 557 g/mol. The fourth-order valence-corrected chi connectivity index (χ4v) is 4.27. The number of hydrogen-bond donors (Lipinski definition) is 2. The van der Waals surface area contributed by atoms with Gasteiger partial charge in [0, 0.05) is 31.6 Å². The first kappa shape index (κ1) is 29.5. The lowest BCUT2D eigenvalue weighted by Crippen LogP contribution is -2.23. The fourth-order valence-electron chi connectivity index (χ4n) is 4.27. The van der Waals surface area contributed by atoms with Gasteiger partial charge in [-0.2, -0.15) is 18.4 Å². The zero-order valence-corrected chi connectivity index (χ0v) is 22.3. The average molecular weight is 579 g/mol. The molecule has 10 nitrogen and oxygen atoms in total. The van der Waals surface area contributed by atoms with Gasteiger partial charge in [0.25, 0.3) is 5.91 Å². The number of amides is 2. The molecular formula is C29H21F3N4O6. The first-order chi connectivity index (χ1) is 19.8. The summed E-state index contributed by atoms with van der Waals surface area (Å²) >= 11 is 0. The number of aromatic nitrogens is 1. The SMILES string of the molecule is CCC(=O)c1cc2c(C(=O)Nc3ccc(C#N)cc3C(=O)O)noc2cc1-c1ccc(N(C)C(C)=O)cc1C(F)(F)F. The van der Waals surface area contributed by atoms with Crippen molar-refractivity contribution in [3.05, 3.63) is 76.5 Å². The number of rotatable bonds is 7. The lowest BCUT2D eigenvalue weighted by atomic mass is 9.90. The number of carbonyl (C=O) groups excluding carboxylic acids is 3. The Labute approximate surface area is 235 Å². The number of nitrogens with one attached hydrogen (secondary N) is 1. The van der Waals surface area contributed by atoms with Crippen LogP contribution in [0.15, 0.2) is 53.1 Å². The molecule has 0 aliphatic rings. The molecule has 0 radical (unpaired) electrons. The van der Waals surface area contributed by atoms with Gasteiger partial charge in [0.1, 0.15) is 0 Å². The molecule has 1 heterocycles. The third-order valence-electron chi connectivity index (χ3n) is 6.53. The lowest BCUT2D eigenvalue weighted by molar-refractivity contribution is -0.137. The van der Waals surface area contributed by atoms with E-state index in [2.05, 4.69) is 10.5 Å². The van der Waals surface area contributed by atoms with Crippen molar-refractivity contribution in [3.63, 3.8) is 0 Å². The van der Waals surface area contributed by atoms with Gasteiger partial charge in [-0.3, -0.25) is 14.4 Å². The third-order valence-corrected chi connectivity index (χ3v) is 6.53. The van der Waals surface area contributed by atoms with Gasteiger partial charge < -0.3 is 19.8 Å². The van der Waals surface area contributed by atoms with E-state index in [0.29, 0.717) is 0 Å². The number of anilines is 2. The minimum Gasteiger partial charge on any atom is -0.478 e. The van der Waals surface area contributed by atoms with Gasteiger partial charge in [-0.25, -0.2) is 4.79 Å². The Morgan fingerprint density at radius 1 is 1.05 bits per heavy atom.